The Hall–Kier alpha value is -4.09. The minimum atomic E-state index is -4.19. The molecule has 0 aliphatic rings. The maximum atomic E-state index is 13.2. The SMILES string of the molecule is CCC(C)c1nc(SC)c(C(=O)O)n1Cc1ccc(-c2ccccc2S(=O)(=O)NC(=O)Nc2ccccc2)cc1. The van der Waals surface area contributed by atoms with Crippen LogP contribution >= 0.6 is 11.8 Å². The number of hydrogen-bond donors (Lipinski definition) is 3. The molecule has 2 amide bonds. The molecule has 4 rings (SSSR count). The number of nitrogens with zero attached hydrogens (tertiary/aromatic N) is 2. The van der Waals surface area contributed by atoms with Crippen LogP contribution in [0.4, 0.5) is 10.5 Å². The number of imidazole rings is 1. The minimum absolute atomic E-state index is 0.0441. The number of carbonyl (C=O) groups is 2. The third-order valence-corrected chi connectivity index (χ3v) is 8.52. The molecule has 208 valence electrons. The number of anilines is 1. The Morgan fingerprint density at radius 3 is 2.27 bits per heavy atom. The van der Waals surface area contributed by atoms with Crippen LogP contribution in [0.2, 0.25) is 0 Å². The molecular formula is C29H30N4O5S2. The number of para-hydroxylation sites is 1. The molecule has 0 fully saturated rings. The first-order valence-electron chi connectivity index (χ1n) is 12.6. The van der Waals surface area contributed by atoms with E-state index in [4.69, 9.17) is 0 Å². The van der Waals surface area contributed by atoms with Crippen molar-refractivity contribution in [3.05, 3.63) is 95.9 Å². The van der Waals surface area contributed by atoms with Crippen LogP contribution in [0.5, 0.6) is 0 Å². The van der Waals surface area contributed by atoms with Gasteiger partial charge in [0, 0.05) is 23.7 Å². The molecule has 40 heavy (non-hydrogen) atoms. The van der Waals surface area contributed by atoms with Gasteiger partial charge in [0.1, 0.15) is 10.9 Å². The molecule has 0 aliphatic carbocycles. The molecule has 1 unspecified atom stereocenters. The zero-order valence-electron chi connectivity index (χ0n) is 22.3. The second kappa shape index (κ2) is 12.4. The van der Waals surface area contributed by atoms with Crippen molar-refractivity contribution in [1.29, 1.82) is 0 Å². The van der Waals surface area contributed by atoms with Crippen molar-refractivity contribution < 1.29 is 23.1 Å². The molecular weight excluding hydrogens is 548 g/mol. The number of nitrogens with one attached hydrogen (secondary N) is 2. The number of aromatic carboxylic acids is 1. The molecule has 4 aromatic rings. The monoisotopic (exact) mass is 578 g/mol. The summed E-state index contributed by atoms with van der Waals surface area (Å²) in [6.45, 7) is 4.35. The van der Waals surface area contributed by atoms with Crippen molar-refractivity contribution in [2.45, 2.75) is 42.7 Å². The fraction of sp³-hybridized carbons (Fsp3) is 0.207. The van der Waals surface area contributed by atoms with E-state index >= 15 is 0 Å². The summed E-state index contributed by atoms with van der Waals surface area (Å²) in [5.74, 6) is -0.252. The van der Waals surface area contributed by atoms with E-state index in [9.17, 15) is 23.1 Å². The minimum Gasteiger partial charge on any atom is -0.476 e. The number of carboxylic acid groups (broad SMARTS) is 1. The van der Waals surface area contributed by atoms with Gasteiger partial charge < -0.3 is 15.0 Å². The van der Waals surface area contributed by atoms with E-state index in [-0.39, 0.29) is 16.5 Å². The van der Waals surface area contributed by atoms with E-state index in [0.717, 1.165) is 12.0 Å². The second-order valence-electron chi connectivity index (χ2n) is 9.15. The molecule has 3 aromatic carbocycles. The van der Waals surface area contributed by atoms with Crippen molar-refractivity contribution in [2.75, 3.05) is 11.6 Å². The van der Waals surface area contributed by atoms with Crippen LogP contribution in [0.25, 0.3) is 11.1 Å². The molecule has 0 bridgehead atoms. The zero-order valence-corrected chi connectivity index (χ0v) is 23.9. The van der Waals surface area contributed by atoms with Gasteiger partial charge in [-0.15, -0.1) is 11.8 Å². The molecule has 0 saturated carbocycles. The van der Waals surface area contributed by atoms with Gasteiger partial charge in [0.25, 0.3) is 10.0 Å². The van der Waals surface area contributed by atoms with Crippen LogP contribution in [-0.4, -0.2) is 41.3 Å². The zero-order chi connectivity index (χ0) is 28.9. The lowest BCUT2D eigenvalue weighted by Gasteiger charge is -2.15. The molecule has 0 saturated heterocycles. The number of amides is 2. The van der Waals surface area contributed by atoms with Gasteiger partial charge in [-0.2, -0.15) is 0 Å². The predicted molar refractivity (Wildman–Crippen MR) is 156 cm³/mol. The van der Waals surface area contributed by atoms with E-state index in [1.807, 2.05) is 26.0 Å². The molecule has 0 radical (unpaired) electrons. The Kier molecular flexibility index (Phi) is 8.96. The Morgan fingerprint density at radius 2 is 1.65 bits per heavy atom. The summed E-state index contributed by atoms with van der Waals surface area (Å²) in [4.78, 5) is 29.1. The van der Waals surface area contributed by atoms with E-state index in [1.54, 1.807) is 71.5 Å². The summed E-state index contributed by atoms with van der Waals surface area (Å²) < 4.78 is 30.1. The van der Waals surface area contributed by atoms with Crippen LogP contribution in [-0.2, 0) is 16.6 Å². The Morgan fingerprint density at radius 1 is 1.00 bits per heavy atom. The van der Waals surface area contributed by atoms with Crippen molar-refractivity contribution in [2.24, 2.45) is 0 Å². The summed E-state index contributed by atoms with van der Waals surface area (Å²) in [6, 6.07) is 21.3. The maximum Gasteiger partial charge on any atom is 0.355 e. The van der Waals surface area contributed by atoms with Gasteiger partial charge in [0.2, 0.25) is 0 Å². The number of benzene rings is 3. The van der Waals surface area contributed by atoms with Crippen LogP contribution in [0.3, 0.4) is 0 Å². The molecule has 0 aliphatic heterocycles. The number of carbonyl (C=O) groups excluding carboxylic acids is 1. The first-order valence-corrected chi connectivity index (χ1v) is 15.3. The van der Waals surface area contributed by atoms with Crippen molar-refractivity contribution in [3.63, 3.8) is 0 Å². The van der Waals surface area contributed by atoms with Gasteiger partial charge in [0.15, 0.2) is 5.69 Å². The Balaban J connectivity index is 1.61. The van der Waals surface area contributed by atoms with Gasteiger partial charge in [-0.1, -0.05) is 74.5 Å². The van der Waals surface area contributed by atoms with Crippen molar-refractivity contribution >= 4 is 39.5 Å². The standard InChI is InChI=1S/C29H30N4O5S2/c1-4-19(2)26-31-27(39-3)25(28(34)35)33(26)18-20-14-16-21(17-15-20)23-12-8-9-13-24(23)40(37,38)32-29(36)30-22-10-6-5-7-11-22/h5-17,19H,4,18H2,1-3H3,(H,34,35)(H2,30,32,36). The fourth-order valence-electron chi connectivity index (χ4n) is 4.28. The lowest BCUT2D eigenvalue weighted by Crippen LogP contribution is -2.34. The number of rotatable bonds is 10. The first-order chi connectivity index (χ1) is 19.1. The van der Waals surface area contributed by atoms with Crippen LogP contribution < -0.4 is 10.0 Å². The second-order valence-corrected chi connectivity index (χ2v) is 11.6. The van der Waals surface area contributed by atoms with E-state index in [0.29, 0.717) is 34.2 Å². The normalized spacial score (nSPS) is 12.1. The summed E-state index contributed by atoms with van der Waals surface area (Å²) in [5, 5.41) is 12.9. The molecule has 1 atom stereocenters. The molecule has 11 heteroatoms. The molecule has 0 spiro atoms. The smallest absolute Gasteiger partial charge is 0.355 e. The summed E-state index contributed by atoms with van der Waals surface area (Å²) >= 11 is 1.30. The van der Waals surface area contributed by atoms with Gasteiger partial charge in [0.05, 0.1) is 4.90 Å². The lowest BCUT2D eigenvalue weighted by atomic mass is 10.0. The summed E-state index contributed by atoms with van der Waals surface area (Å²) in [7, 11) is -4.19. The van der Waals surface area contributed by atoms with Gasteiger partial charge in [-0.25, -0.2) is 27.7 Å². The lowest BCUT2D eigenvalue weighted by molar-refractivity contribution is 0.0681. The molecule has 3 N–H and O–H groups in total. The molecule has 1 aromatic heterocycles. The average molecular weight is 579 g/mol. The predicted octanol–water partition coefficient (Wildman–Crippen LogP) is 6.04. The average Bonchev–Trinajstić information content (AvgIpc) is 3.31. The van der Waals surface area contributed by atoms with Gasteiger partial charge in [-0.05, 0) is 42.0 Å². The van der Waals surface area contributed by atoms with E-state index in [2.05, 4.69) is 15.0 Å². The van der Waals surface area contributed by atoms with Crippen LogP contribution in [0.15, 0.2) is 88.8 Å². The number of sulfonamides is 1. The Labute approximate surface area is 237 Å². The van der Waals surface area contributed by atoms with Crippen LogP contribution in [0.1, 0.15) is 48.1 Å². The third kappa shape index (κ3) is 6.37. The number of urea groups is 1. The van der Waals surface area contributed by atoms with Crippen LogP contribution in [0, 0.1) is 0 Å². The van der Waals surface area contributed by atoms with Crippen molar-refractivity contribution in [3.8, 4) is 11.1 Å². The fourth-order valence-corrected chi connectivity index (χ4v) is 6.00. The third-order valence-electron chi connectivity index (χ3n) is 6.46. The highest BCUT2D eigenvalue weighted by atomic mass is 32.2. The molecule has 9 nitrogen and oxygen atoms in total. The largest absolute Gasteiger partial charge is 0.476 e. The number of carboxylic acids is 1. The molecule has 1 heterocycles. The number of hydrogen-bond acceptors (Lipinski definition) is 6. The highest BCUT2D eigenvalue weighted by molar-refractivity contribution is 7.98. The summed E-state index contributed by atoms with van der Waals surface area (Å²) in [5.41, 5.74) is 2.51. The Bertz CT molecular complexity index is 1620. The highest BCUT2D eigenvalue weighted by Crippen LogP contribution is 2.30. The maximum absolute atomic E-state index is 13.2. The summed E-state index contributed by atoms with van der Waals surface area (Å²) in [6.07, 6.45) is 2.62. The van der Waals surface area contributed by atoms with E-state index < -0.39 is 22.0 Å². The quantitative estimate of drug-likeness (QED) is 0.196. The van der Waals surface area contributed by atoms with Gasteiger partial charge >= 0.3 is 12.0 Å². The van der Waals surface area contributed by atoms with Gasteiger partial charge in [-0.3, -0.25) is 0 Å². The topological polar surface area (TPSA) is 130 Å². The number of thioether (sulfide) groups is 1. The number of aromatic nitrogens is 2. The van der Waals surface area contributed by atoms with E-state index in [1.165, 1.54) is 17.8 Å². The van der Waals surface area contributed by atoms with Crippen molar-refractivity contribution in [1.82, 2.24) is 14.3 Å². The highest BCUT2D eigenvalue weighted by Gasteiger charge is 2.25. The first kappa shape index (κ1) is 28.9.